The minimum absolute atomic E-state index is 0.0891. The SMILES string of the molecule is O=C(Cc1ccc(-c2ccccc2)cc1)OCC(=O)c1ccc(F)cc1. The number of benzene rings is 3. The van der Waals surface area contributed by atoms with E-state index in [0.29, 0.717) is 5.56 Å². The molecule has 0 heterocycles. The molecule has 0 amide bonds. The average molecular weight is 348 g/mol. The molecule has 0 saturated carbocycles. The Balaban J connectivity index is 1.53. The van der Waals surface area contributed by atoms with Crippen molar-refractivity contribution in [3.05, 3.63) is 95.8 Å². The molecule has 0 N–H and O–H groups in total. The van der Waals surface area contributed by atoms with Crippen LogP contribution in [0.25, 0.3) is 11.1 Å². The third-order valence-electron chi connectivity index (χ3n) is 3.94. The van der Waals surface area contributed by atoms with Gasteiger partial charge in [-0.15, -0.1) is 0 Å². The number of hydrogen-bond donors (Lipinski definition) is 0. The number of Topliss-reactive ketones (excluding diaryl/α,β-unsaturated/α-hetero) is 1. The predicted octanol–water partition coefficient (Wildman–Crippen LogP) is 4.46. The standard InChI is InChI=1S/C22H17FO3/c23-20-12-10-19(11-13-20)21(24)15-26-22(25)14-16-6-8-18(9-7-16)17-4-2-1-3-5-17/h1-13H,14-15H2. The van der Waals surface area contributed by atoms with Crippen LogP contribution in [0.2, 0.25) is 0 Å². The zero-order valence-corrected chi connectivity index (χ0v) is 14.0. The van der Waals surface area contributed by atoms with Crippen molar-refractivity contribution in [2.24, 2.45) is 0 Å². The van der Waals surface area contributed by atoms with Gasteiger partial charge in [0.05, 0.1) is 6.42 Å². The van der Waals surface area contributed by atoms with Gasteiger partial charge in [-0.3, -0.25) is 9.59 Å². The molecule has 0 aliphatic carbocycles. The molecule has 0 radical (unpaired) electrons. The second-order valence-electron chi connectivity index (χ2n) is 5.83. The first kappa shape index (κ1) is 17.5. The Morgan fingerprint density at radius 2 is 1.38 bits per heavy atom. The maximum absolute atomic E-state index is 12.8. The zero-order chi connectivity index (χ0) is 18.4. The van der Waals surface area contributed by atoms with Crippen LogP contribution in [0.5, 0.6) is 0 Å². The highest BCUT2D eigenvalue weighted by molar-refractivity contribution is 5.97. The highest BCUT2D eigenvalue weighted by Crippen LogP contribution is 2.19. The molecule has 0 atom stereocenters. The molecular weight excluding hydrogens is 331 g/mol. The van der Waals surface area contributed by atoms with E-state index in [1.165, 1.54) is 24.3 Å². The van der Waals surface area contributed by atoms with Crippen LogP contribution in [0.4, 0.5) is 4.39 Å². The summed E-state index contributed by atoms with van der Waals surface area (Å²) in [5.74, 6) is -1.26. The Labute approximate surface area is 151 Å². The van der Waals surface area contributed by atoms with Crippen LogP contribution in [0.3, 0.4) is 0 Å². The van der Waals surface area contributed by atoms with E-state index in [9.17, 15) is 14.0 Å². The monoisotopic (exact) mass is 348 g/mol. The normalized spacial score (nSPS) is 10.3. The van der Waals surface area contributed by atoms with Crippen LogP contribution in [0.1, 0.15) is 15.9 Å². The highest BCUT2D eigenvalue weighted by atomic mass is 19.1. The summed E-state index contributed by atoms with van der Waals surface area (Å²) in [6.07, 6.45) is 0.0891. The van der Waals surface area contributed by atoms with Gasteiger partial charge in [-0.1, -0.05) is 54.6 Å². The predicted molar refractivity (Wildman–Crippen MR) is 97.3 cm³/mol. The van der Waals surface area contributed by atoms with Crippen molar-refractivity contribution < 1.29 is 18.7 Å². The summed E-state index contributed by atoms with van der Waals surface area (Å²) < 4.78 is 17.9. The molecular formula is C22H17FO3. The third kappa shape index (κ3) is 4.63. The lowest BCUT2D eigenvalue weighted by atomic mass is 10.0. The maximum atomic E-state index is 12.8. The molecule has 3 aromatic rings. The first-order valence-electron chi connectivity index (χ1n) is 8.20. The molecule has 0 aromatic heterocycles. The quantitative estimate of drug-likeness (QED) is 0.488. The number of esters is 1. The molecule has 3 nitrogen and oxygen atoms in total. The van der Waals surface area contributed by atoms with Gasteiger partial charge in [0.25, 0.3) is 0 Å². The average Bonchev–Trinajstić information content (AvgIpc) is 2.68. The molecule has 0 bridgehead atoms. The molecule has 0 saturated heterocycles. The van der Waals surface area contributed by atoms with E-state index in [2.05, 4.69) is 0 Å². The smallest absolute Gasteiger partial charge is 0.310 e. The molecule has 0 aliphatic rings. The summed E-state index contributed by atoms with van der Waals surface area (Å²) in [6, 6.07) is 22.7. The lowest BCUT2D eigenvalue weighted by Gasteiger charge is -2.06. The summed E-state index contributed by atoms with van der Waals surface area (Å²) in [5.41, 5.74) is 3.29. The second kappa shape index (κ2) is 8.21. The molecule has 26 heavy (non-hydrogen) atoms. The fourth-order valence-corrected chi connectivity index (χ4v) is 2.53. The number of carbonyl (C=O) groups is 2. The molecule has 0 aliphatic heterocycles. The highest BCUT2D eigenvalue weighted by Gasteiger charge is 2.11. The summed E-state index contributed by atoms with van der Waals surface area (Å²) in [4.78, 5) is 23.8. The van der Waals surface area contributed by atoms with Crippen molar-refractivity contribution >= 4 is 11.8 Å². The van der Waals surface area contributed by atoms with Gasteiger partial charge < -0.3 is 4.74 Å². The molecule has 0 spiro atoms. The van der Waals surface area contributed by atoms with E-state index in [-0.39, 0.29) is 18.8 Å². The summed E-state index contributed by atoms with van der Waals surface area (Å²) in [7, 11) is 0. The van der Waals surface area contributed by atoms with Gasteiger partial charge in [-0.2, -0.15) is 0 Å². The Morgan fingerprint density at radius 1 is 0.769 bits per heavy atom. The van der Waals surface area contributed by atoms with Crippen LogP contribution in [0, 0.1) is 5.82 Å². The number of carbonyl (C=O) groups excluding carboxylic acids is 2. The van der Waals surface area contributed by atoms with Crippen LogP contribution in [-0.4, -0.2) is 18.4 Å². The van der Waals surface area contributed by atoms with E-state index >= 15 is 0 Å². The minimum atomic E-state index is -0.479. The molecule has 0 unspecified atom stereocenters. The summed E-state index contributed by atoms with van der Waals surface area (Å²) in [5, 5.41) is 0. The third-order valence-corrected chi connectivity index (χ3v) is 3.94. The van der Waals surface area contributed by atoms with E-state index in [4.69, 9.17) is 4.74 Å². The molecule has 3 aromatic carbocycles. The van der Waals surface area contributed by atoms with Crippen molar-refractivity contribution in [1.29, 1.82) is 0 Å². The lowest BCUT2D eigenvalue weighted by Crippen LogP contribution is -2.15. The van der Waals surface area contributed by atoms with E-state index in [0.717, 1.165) is 16.7 Å². The van der Waals surface area contributed by atoms with E-state index in [1.807, 2.05) is 54.6 Å². The number of rotatable bonds is 6. The first-order chi connectivity index (χ1) is 12.6. The van der Waals surface area contributed by atoms with Crippen LogP contribution < -0.4 is 0 Å². The number of ether oxygens (including phenoxy) is 1. The van der Waals surface area contributed by atoms with E-state index < -0.39 is 11.8 Å². The molecule has 130 valence electrons. The van der Waals surface area contributed by atoms with Gasteiger partial charge in [-0.25, -0.2) is 4.39 Å². The van der Waals surface area contributed by atoms with Crippen molar-refractivity contribution in [2.45, 2.75) is 6.42 Å². The number of ketones is 1. The first-order valence-corrected chi connectivity index (χ1v) is 8.20. The van der Waals surface area contributed by atoms with Crippen LogP contribution >= 0.6 is 0 Å². The molecule has 3 rings (SSSR count). The fraction of sp³-hybridized carbons (Fsp3) is 0.0909. The summed E-state index contributed by atoms with van der Waals surface area (Å²) >= 11 is 0. The Morgan fingerprint density at radius 3 is 2.04 bits per heavy atom. The van der Waals surface area contributed by atoms with Crippen LogP contribution in [-0.2, 0) is 16.0 Å². The van der Waals surface area contributed by atoms with Gasteiger partial charge >= 0.3 is 5.97 Å². The van der Waals surface area contributed by atoms with Crippen molar-refractivity contribution in [3.63, 3.8) is 0 Å². The van der Waals surface area contributed by atoms with Gasteiger partial charge in [-0.05, 0) is 41.0 Å². The fourth-order valence-electron chi connectivity index (χ4n) is 2.53. The van der Waals surface area contributed by atoms with Crippen molar-refractivity contribution in [1.82, 2.24) is 0 Å². The largest absolute Gasteiger partial charge is 0.457 e. The van der Waals surface area contributed by atoms with E-state index in [1.54, 1.807) is 0 Å². The Kier molecular flexibility index (Phi) is 5.54. The topological polar surface area (TPSA) is 43.4 Å². The number of halogens is 1. The maximum Gasteiger partial charge on any atom is 0.310 e. The van der Waals surface area contributed by atoms with Gasteiger partial charge in [0.1, 0.15) is 5.82 Å². The van der Waals surface area contributed by atoms with Crippen molar-refractivity contribution in [2.75, 3.05) is 6.61 Å². The second-order valence-corrected chi connectivity index (χ2v) is 5.83. The minimum Gasteiger partial charge on any atom is -0.457 e. The Hall–Kier alpha value is -3.27. The van der Waals surface area contributed by atoms with Crippen LogP contribution in [0.15, 0.2) is 78.9 Å². The number of hydrogen-bond acceptors (Lipinski definition) is 3. The van der Waals surface area contributed by atoms with Gasteiger partial charge in [0.2, 0.25) is 0 Å². The Bertz CT molecular complexity index is 885. The summed E-state index contributed by atoms with van der Waals surface area (Å²) in [6.45, 7) is -0.355. The lowest BCUT2D eigenvalue weighted by molar-refractivity contribution is -0.141. The van der Waals surface area contributed by atoms with Crippen molar-refractivity contribution in [3.8, 4) is 11.1 Å². The van der Waals surface area contributed by atoms with Gasteiger partial charge in [0, 0.05) is 5.56 Å². The van der Waals surface area contributed by atoms with Gasteiger partial charge in [0.15, 0.2) is 12.4 Å². The molecule has 4 heteroatoms. The zero-order valence-electron chi connectivity index (χ0n) is 14.0. The molecule has 0 fully saturated rings.